The lowest BCUT2D eigenvalue weighted by molar-refractivity contribution is 0.103. The van der Waals surface area contributed by atoms with Crippen LogP contribution >= 0.6 is 0 Å². The van der Waals surface area contributed by atoms with Crippen LogP contribution in [0.25, 0.3) is 5.69 Å². The van der Waals surface area contributed by atoms with Crippen LogP contribution in [-0.4, -0.2) is 25.9 Å². The van der Waals surface area contributed by atoms with Gasteiger partial charge in [-0.05, 0) is 35.7 Å². The Hall–Kier alpha value is -2.95. The van der Waals surface area contributed by atoms with Gasteiger partial charge in [0.2, 0.25) is 5.78 Å². The molecule has 116 valence electrons. The largest absolute Gasteiger partial charge is 0.507 e. The first-order chi connectivity index (χ1) is 11.1. The molecule has 3 rings (SSSR count). The summed E-state index contributed by atoms with van der Waals surface area (Å²) in [6.45, 7) is 4.27. The standard InChI is InChI=1S/C18H17N3O2/c1-12(2)13-7-9-14(10-8-13)21-11-16(19-20-21)18(23)15-5-3-4-6-17(15)22/h3-12,22H,1-2H3. The molecule has 5 nitrogen and oxygen atoms in total. The monoisotopic (exact) mass is 307 g/mol. The number of nitrogens with zero attached hydrogens (tertiary/aromatic N) is 3. The first-order valence-electron chi connectivity index (χ1n) is 7.41. The van der Waals surface area contributed by atoms with Crippen LogP contribution in [-0.2, 0) is 0 Å². The van der Waals surface area contributed by atoms with Crippen molar-refractivity contribution in [1.82, 2.24) is 15.0 Å². The van der Waals surface area contributed by atoms with Crippen LogP contribution in [0.2, 0.25) is 0 Å². The van der Waals surface area contributed by atoms with Gasteiger partial charge < -0.3 is 5.11 Å². The smallest absolute Gasteiger partial charge is 0.218 e. The number of rotatable bonds is 4. The van der Waals surface area contributed by atoms with Crippen molar-refractivity contribution in [2.75, 3.05) is 0 Å². The quantitative estimate of drug-likeness (QED) is 0.751. The van der Waals surface area contributed by atoms with Gasteiger partial charge in [-0.15, -0.1) is 5.10 Å². The van der Waals surface area contributed by atoms with E-state index in [1.807, 2.05) is 24.3 Å². The minimum atomic E-state index is -0.354. The van der Waals surface area contributed by atoms with Gasteiger partial charge in [-0.1, -0.05) is 43.3 Å². The van der Waals surface area contributed by atoms with Crippen LogP contribution in [0.1, 0.15) is 41.4 Å². The molecule has 0 bridgehead atoms. The van der Waals surface area contributed by atoms with Gasteiger partial charge in [-0.3, -0.25) is 4.79 Å². The van der Waals surface area contributed by atoms with Crippen molar-refractivity contribution in [3.05, 3.63) is 71.5 Å². The fourth-order valence-corrected chi connectivity index (χ4v) is 2.31. The molecule has 23 heavy (non-hydrogen) atoms. The molecular formula is C18H17N3O2. The van der Waals surface area contributed by atoms with Crippen LogP contribution in [0, 0.1) is 0 Å². The van der Waals surface area contributed by atoms with Gasteiger partial charge in [0.25, 0.3) is 0 Å². The van der Waals surface area contributed by atoms with Gasteiger partial charge >= 0.3 is 0 Å². The fourth-order valence-electron chi connectivity index (χ4n) is 2.31. The van der Waals surface area contributed by atoms with Gasteiger partial charge in [0.1, 0.15) is 5.75 Å². The Labute approximate surface area is 134 Å². The highest BCUT2D eigenvalue weighted by Crippen LogP contribution is 2.20. The first-order valence-corrected chi connectivity index (χ1v) is 7.41. The summed E-state index contributed by atoms with van der Waals surface area (Å²) in [4.78, 5) is 12.4. The molecule has 0 amide bonds. The number of aromatic nitrogens is 3. The van der Waals surface area contributed by atoms with Crippen molar-refractivity contribution in [2.45, 2.75) is 19.8 Å². The summed E-state index contributed by atoms with van der Waals surface area (Å²) >= 11 is 0. The van der Waals surface area contributed by atoms with E-state index in [1.165, 1.54) is 11.6 Å². The van der Waals surface area contributed by atoms with Crippen LogP contribution in [0.3, 0.4) is 0 Å². The lowest BCUT2D eigenvalue weighted by Crippen LogP contribution is -2.02. The summed E-state index contributed by atoms with van der Waals surface area (Å²) in [6.07, 6.45) is 1.57. The molecular weight excluding hydrogens is 290 g/mol. The van der Waals surface area contributed by atoms with Gasteiger partial charge in [-0.25, -0.2) is 4.68 Å². The Morgan fingerprint density at radius 2 is 1.78 bits per heavy atom. The van der Waals surface area contributed by atoms with E-state index in [0.717, 1.165) is 5.69 Å². The third kappa shape index (κ3) is 2.99. The maximum absolute atomic E-state index is 12.4. The third-order valence-electron chi connectivity index (χ3n) is 3.70. The minimum absolute atomic E-state index is 0.0617. The second-order valence-electron chi connectivity index (χ2n) is 5.64. The summed E-state index contributed by atoms with van der Waals surface area (Å²) in [5.41, 5.74) is 2.48. The highest BCUT2D eigenvalue weighted by molar-refractivity contribution is 6.09. The van der Waals surface area contributed by atoms with E-state index in [2.05, 4.69) is 24.2 Å². The van der Waals surface area contributed by atoms with Crippen molar-refractivity contribution in [3.8, 4) is 11.4 Å². The molecule has 5 heteroatoms. The molecule has 1 N–H and O–H groups in total. The molecule has 3 aromatic rings. The Balaban J connectivity index is 1.88. The lowest BCUT2D eigenvalue weighted by Gasteiger charge is -2.06. The van der Waals surface area contributed by atoms with E-state index in [4.69, 9.17) is 0 Å². The van der Waals surface area contributed by atoms with E-state index in [-0.39, 0.29) is 22.8 Å². The van der Waals surface area contributed by atoms with Crippen molar-refractivity contribution >= 4 is 5.78 Å². The number of carbonyl (C=O) groups is 1. The fraction of sp³-hybridized carbons (Fsp3) is 0.167. The maximum Gasteiger partial charge on any atom is 0.218 e. The number of para-hydroxylation sites is 1. The van der Waals surface area contributed by atoms with Crippen LogP contribution < -0.4 is 0 Å². The topological polar surface area (TPSA) is 68.0 Å². The predicted octanol–water partition coefficient (Wildman–Crippen LogP) is 3.33. The van der Waals surface area contributed by atoms with Gasteiger partial charge in [0, 0.05) is 0 Å². The zero-order valence-electron chi connectivity index (χ0n) is 13.0. The van der Waals surface area contributed by atoms with Crippen molar-refractivity contribution in [1.29, 1.82) is 0 Å². The lowest BCUT2D eigenvalue weighted by atomic mass is 10.0. The average Bonchev–Trinajstić information content (AvgIpc) is 3.05. The highest BCUT2D eigenvalue weighted by Gasteiger charge is 2.17. The molecule has 0 fully saturated rings. The van der Waals surface area contributed by atoms with E-state index in [9.17, 15) is 9.90 Å². The van der Waals surface area contributed by atoms with Gasteiger partial charge in [0.05, 0.1) is 17.4 Å². The summed E-state index contributed by atoms with van der Waals surface area (Å²) in [5.74, 6) is 0.0412. The van der Waals surface area contributed by atoms with E-state index in [1.54, 1.807) is 29.1 Å². The number of hydrogen-bond acceptors (Lipinski definition) is 4. The normalized spacial score (nSPS) is 10.9. The van der Waals surface area contributed by atoms with E-state index in [0.29, 0.717) is 5.92 Å². The molecule has 1 aromatic heterocycles. The molecule has 0 aliphatic carbocycles. The summed E-state index contributed by atoms with van der Waals surface area (Å²) in [5, 5.41) is 17.7. The van der Waals surface area contributed by atoms with Crippen LogP contribution in [0.5, 0.6) is 5.75 Å². The van der Waals surface area contributed by atoms with Crippen LogP contribution in [0.15, 0.2) is 54.7 Å². The molecule has 0 aliphatic heterocycles. The molecule has 0 atom stereocenters. The molecule has 0 radical (unpaired) electrons. The number of hydrogen-bond donors (Lipinski definition) is 1. The van der Waals surface area contributed by atoms with Crippen molar-refractivity contribution < 1.29 is 9.90 Å². The number of ketones is 1. The summed E-state index contributed by atoms with van der Waals surface area (Å²) in [6, 6.07) is 14.4. The molecule has 2 aromatic carbocycles. The zero-order chi connectivity index (χ0) is 16.4. The maximum atomic E-state index is 12.4. The Bertz CT molecular complexity index is 835. The van der Waals surface area contributed by atoms with Gasteiger partial charge in [0.15, 0.2) is 5.69 Å². The number of carbonyl (C=O) groups excluding carboxylic acids is 1. The minimum Gasteiger partial charge on any atom is -0.507 e. The van der Waals surface area contributed by atoms with Gasteiger partial charge in [-0.2, -0.15) is 0 Å². The third-order valence-corrected chi connectivity index (χ3v) is 3.70. The van der Waals surface area contributed by atoms with E-state index < -0.39 is 0 Å². The number of aromatic hydroxyl groups is 1. The molecule has 0 aliphatic rings. The van der Waals surface area contributed by atoms with Crippen LogP contribution in [0.4, 0.5) is 0 Å². The Morgan fingerprint density at radius 1 is 1.09 bits per heavy atom. The van der Waals surface area contributed by atoms with Crippen molar-refractivity contribution in [3.63, 3.8) is 0 Å². The number of benzene rings is 2. The number of phenols is 1. The molecule has 0 saturated heterocycles. The number of phenolic OH excluding ortho intramolecular Hbond substituents is 1. The highest BCUT2D eigenvalue weighted by atomic mass is 16.3. The Morgan fingerprint density at radius 3 is 2.43 bits per heavy atom. The predicted molar refractivity (Wildman–Crippen MR) is 87.0 cm³/mol. The summed E-state index contributed by atoms with van der Waals surface area (Å²) in [7, 11) is 0. The van der Waals surface area contributed by atoms with Crippen molar-refractivity contribution in [2.24, 2.45) is 0 Å². The second-order valence-corrected chi connectivity index (χ2v) is 5.64. The molecule has 0 spiro atoms. The first kappa shape index (κ1) is 15.0. The molecule has 0 saturated carbocycles. The average molecular weight is 307 g/mol. The molecule has 0 unspecified atom stereocenters. The second kappa shape index (κ2) is 6.04. The summed E-state index contributed by atoms with van der Waals surface area (Å²) < 4.78 is 1.55. The zero-order valence-corrected chi connectivity index (χ0v) is 13.0. The SMILES string of the molecule is CC(C)c1ccc(-n2cc(C(=O)c3ccccc3O)nn2)cc1. The van der Waals surface area contributed by atoms with E-state index >= 15 is 0 Å². The Kier molecular flexibility index (Phi) is 3.93. The molecule has 1 heterocycles.